The fraction of sp³-hybridized carbons (Fsp3) is 0.781. The third-order valence-corrected chi connectivity index (χ3v) is 11.4. The number of ether oxygens (including phenoxy) is 3. The Hall–Kier alpha value is -2.11. The van der Waals surface area contributed by atoms with Crippen molar-refractivity contribution in [1.82, 2.24) is 0 Å². The van der Waals surface area contributed by atoms with Crippen molar-refractivity contribution in [1.29, 1.82) is 0 Å². The summed E-state index contributed by atoms with van der Waals surface area (Å²) in [7, 11) is 0. The highest BCUT2D eigenvalue weighted by atomic mass is 16.6. The van der Waals surface area contributed by atoms with Crippen molar-refractivity contribution in [2.45, 2.75) is 96.2 Å². The van der Waals surface area contributed by atoms with Crippen molar-refractivity contribution in [3.63, 3.8) is 0 Å². The molecule has 8 saturated carbocycles. The van der Waals surface area contributed by atoms with E-state index in [-0.39, 0.29) is 23.8 Å². The van der Waals surface area contributed by atoms with Crippen LogP contribution in [0.15, 0.2) is 25.3 Å². The molecule has 8 rings (SSSR count). The molecule has 0 aromatic rings. The minimum absolute atomic E-state index is 0.196. The molecule has 6 nitrogen and oxygen atoms in total. The summed E-state index contributed by atoms with van der Waals surface area (Å²) in [6, 6.07) is 0. The first-order chi connectivity index (χ1) is 18.1. The maximum atomic E-state index is 11.9. The zero-order valence-electron chi connectivity index (χ0n) is 23.5. The molecule has 8 aliphatic carbocycles. The zero-order valence-corrected chi connectivity index (χ0v) is 23.5. The van der Waals surface area contributed by atoms with Crippen LogP contribution in [0.4, 0.5) is 0 Å². The second-order valence-electron chi connectivity index (χ2n) is 13.7. The van der Waals surface area contributed by atoms with Gasteiger partial charge in [0.1, 0.15) is 11.2 Å². The maximum absolute atomic E-state index is 11.9. The van der Waals surface area contributed by atoms with Gasteiger partial charge in [0.05, 0.1) is 0 Å². The lowest BCUT2D eigenvalue weighted by Gasteiger charge is -2.61. The molecule has 6 heteroatoms. The highest BCUT2D eigenvalue weighted by molar-refractivity contribution is 5.83. The first-order valence-electron chi connectivity index (χ1n) is 14.9. The monoisotopic (exact) mass is 526 g/mol. The van der Waals surface area contributed by atoms with Gasteiger partial charge in [-0.05, 0) is 124 Å². The van der Waals surface area contributed by atoms with E-state index in [1.165, 1.54) is 70.3 Å². The second-order valence-corrected chi connectivity index (χ2v) is 13.7. The number of hydrogen-bond donors (Lipinski definition) is 0. The van der Waals surface area contributed by atoms with E-state index >= 15 is 0 Å². The smallest absolute Gasteiger partial charge is 0.344 e. The van der Waals surface area contributed by atoms with Crippen LogP contribution in [-0.4, -0.2) is 35.7 Å². The molecule has 0 amide bonds. The highest BCUT2D eigenvalue weighted by Crippen LogP contribution is 2.62. The molecule has 0 aromatic carbocycles. The van der Waals surface area contributed by atoms with E-state index in [1.807, 2.05) is 0 Å². The van der Waals surface area contributed by atoms with Gasteiger partial charge in [-0.1, -0.05) is 27.0 Å². The maximum Gasteiger partial charge on any atom is 0.344 e. The van der Waals surface area contributed by atoms with Gasteiger partial charge in [-0.25, -0.2) is 14.4 Å². The molecule has 8 aliphatic rings. The summed E-state index contributed by atoms with van der Waals surface area (Å²) < 4.78 is 16.5. The van der Waals surface area contributed by atoms with Crippen LogP contribution in [0.3, 0.4) is 0 Å². The molecule has 0 saturated heterocycles. The zero-order chi connectivity index (χ0) is 27.2. The van der Waals surface area contributed by atoms with Crippen molar-refractivity contribution >= 4 is 17.9 Å². The van der Waals surface area contributed by atoms with E-state index in [9.17, 15) is 14.4 Å². The van der Waals surface area contributed by atoms with Crippen molar-refractivity contribution in [2.24, 2.45) is 53.3 Å². The predicted molar refractivity (Wildman–Crippen MR) is 144 cm³/mol. The Bertz CT molecular complexity index is 907. The lowest BCUT2D eigenvalue weighted by atomic mass is 9.47. The van der Waals surface area contributed by atoms with E-state index < -0.39 is 11.9 Å². The Balaban J connectivity index is 0.000000156. The fourth-order valence-corrected chi connectivity index (χ4v) is 10.1. The normalized spacial score (nSPS) is 43.2. The van der Waals surface area contributed by atoms with Gasteiger partial charge < -0.3 is 14.2 Å². The SMILES string of the molecule is C=CC(=O)OC1(C(C)C)C2CC3CC(C2)CC1C3.C=CC(=O)OCC(=O)OC1(C)C2CC3CC(C2)CC1C3. The van der Waals surface area contributed by atoms with Gasteiger partial charge in [-0.3, -0.25) is 0 Å². The van der Waals surface area contributed by atoms with Crippen LogP contribution in [0.25, 0.3) is 0 Å². The average molecular weight is 527 g/mol. The Morgan fingerprint density at radius 2 is 1.13 bits per heavy atom. The molecule has 0 aromatic heterocycles. The number of rotatable bonds is 7. The molecule has 38 heavy (non-hydrogen) atoms. The standard InChI is InChI=1S/C16H22O4.C16H24O2/c1-3-14(17)19-9-15(18)20-16(2)12-5-10-4-11(7-12)8-13(16)6-10;1-4-15(17)18-16(10(2)3)13-6-11-5-12(8-13)9-14(16)7-11/h3,10-13H,1,4-9H2,2H3;4,10-14H,1,5-9H2,2-3H3. The van der Waals surface area contributed by atoms with E-state index in [0.717, 1.165) is 29.7 Å². The summed E-state index contributed by atoms with van der Waals surface area (Å²) >= 11 is 0. The molecular weight excluding hydrogens is 480 g/mol. The van der Waals surface area contributed by atoms with Crippen LogP contribution >= 0.6 is 0 Å². The Labute approximate surface area is 227 Å². The van der Waals surface area contributed by atoms with Crippen LogP contribution in [0, 0.1) is 53.3 Å². The van der Waals surface area contributed by atoms with Gasteiger partial charge in [0.2, 0.25) is 0 Å². The summed E-state index contributed by atoms with van der Waals surface area (Å²) in [6.45, 7) is 13.1. The molecule has 0 unspecified atom stereocenters. The van der Waals surface area contributed by atoms with Gasteiger partial charge in [-0.2, -0.15) is 0 Å². The summed E-state index contributed by atoms with van der Waals surface area (Å²) in [6.07, 6.45) is 15.0. The summed E-state index contributed by atoms with van der Waals surface area (Å²) in [5, 5.41) is 0. The van der Waals surface area contributed by atoms with Crippen LogP contribution in [0.2, 0.25) is 0 Å². The molecule has 0 aliphatic heterocycles. The third-order valence-electron chi connectivity index (χ3n) is 11.4. The lowest BCUT2D eigenvalue weighted by Crippen LogP contribution is -2.62. The van der Waals surface area contributed by atoms with Crippen molar-refractivity contribution < 1.29 is 28.6 Å². The topological polar surface area (TPSA) is 78.9 Å². The Morgan fingerprint density at radius 1 is 0.711 bits per heavy atom. The number of hydrogen-bond acceptors (Lipinski definition) is 6. The lowest BCUT2D eigenvalue weighted by molar-refractivity contribution is -0.220. The van der Waals surface area contributed by atoms with E-state index in [2.05, 4.69) is 33.9 Å². The molecule has 0 heterocycles. The van der Waals surface area contributed by atoms with Gasteiger partial charge in [-0.15, -0.1) is 0 Å². The number of carbonyl (C=O) groups is 3. The van der Waals surface area contributed by atoms with Gasteiger partial charge >= 0.3 is 17.9 Å². The summed E-state index contributed by atoms with van der Waals surface area (Å²) in [4.78, 5) is 34.7. The number of carbonyl (C=O) groups excluding carboxylic acids is 3. The van der Waals surface area contributed by atoms with Gasteiger partial charge in [0.25, 0.3) is 0 Å². The molecule has 8 fully saturated rings. The molecule has 0 atom stereocenters. The molecule has 0 N–H and O–H groups in total. The third kappa shape index (κ3) is 4.86. The van der Waals surface area contributed by atoms with Crippen molar-refractivity contribution in [3.8, 4) is 0 Å². The quantitative estimate of drug-likeness (QED) is 0.229. The summed E-state index contributed by atoms with van der Waals surface area (Å²) in [5.74, 6) is 4.81. The Morgan fingerprint density at radius 3 is 1.53 bits per heavy atom. The van der Waals surface area contributed by atoms with Crippen LogP contribution in [-0.2, 0) is 28.6 Å². The second kappa shape index (κ2) is 10.5. The fourth-order valence-electron chi connectivity index (χ4n) is 10.1. The first-order valence-corrected chi connectivity index (χ1v) is 14.9. The minimum atomic E-state index is -0.586. The molecular formula is C32H46O6. The van der Waals surface area contributed by atoms with Crippen LogP contribution in [0.5, 0.6) is 0 Å². The van der Waals surface area contributed by atoms with Crippen molar-refractivity contribution in [3.05, 3.63) is 25.3 Å². The Kier molecular flexibility index (Phi) is 7.56. The van der Waals surface area contributed by atoms with Gasteiger partial charge in [0.15, 0.2) is 6.61 Å². The molecule has 0 spiro atoms. The number of esters is 3. The minimum Gasteiger partial charge on any atom is -0.456 e. The average Bonchev–Trinajstić information content (AvgIpc) is 2.87. The van der Waals surface area contributed by atoms with Crippen LogP contribution < -0.4 is 0 Å². The van der Waals surface area contributed by atoms with Gasteiger partial charge in [0, 0.05) is 12.2 Å². The largest absolute Gasteiger partial charge is 0.456 e. The first kappa shape index (κ1) is 27.5. The van der Waals surface area contributed by atoms with E-state index in [4.69, 9.17) is 14.2 Å². The molecule has 210 valence electrons. The predicted octanol–water partition coefficient (Wildman–Crippen LogP) is 6.04. The molecule has 0 radical (unpaired) electrons. The highest BCUT2D eigenvalue weighted by Gasteiger charge is 2.61. The molecule has 8 bridgehead atoms. The van der Waals surface area contributed by atoms with E-state index in [1.54, 1.807) is 0 Å². The van der Waals surface area contributed by atoms with E-state index in [0.29, 0.717) is 29.6 Å². The van der Waals surface area contributed by atoms with Crippen LogP contribution in [0.1, 0.15) is 85.0 Å². The van der Waals surface area contributed by atoms with Crippen molar-refractivity contribution in [2.75, 3.05) is 6.61 Å². The summed E-state index contributed by atoms with van der Waals surface area (Å²) in [5.41, 5.74) is -0.552.